The number of nitrogens with one attached hydrogen (secondary N) is 2. The van der Waals surface area contributed by atoms with Gasteiger partial charge < -0.3 is 30.3 Å². The average molecular weight is 948 g/mol. The van der Waals surface area contributed by atoms with Crippen molar-refractivity contribution in [3.63, 3.8) is 0 Å². The largest absolute Gasteiger partial charge is 1.00 e. The predicted molar refractivity (Wildman–Crippen MR) is 211 cm³/mol. The summed E-state index contributed by atoms with van der Waals surface area (Å²) in [4.78, 5) is 4.41. The predicted octanol–water partition coefficient (Wildman–Crippen LogP) is -4.74. The van der Waals surface area contributed by atoms with Crippen LogP contribution in [-0.2, 0) is 39.0 Å². The first kappa shape index (κ1) is 57.6. The van der Waals surface area contributed by atoms with Crippen molar-refractivity contribution in [2.24, 2.45) is 20.5 Å². The number of benzene rings is 4. The molecule has 0 saturated carbocycles. The van der Waals surface area contributed by atoms with Crippen LogP contribution < -0.4 is 96.6 Å². The van der Waals surface area contributed by atoms with Gasteiger partial charge in [-0.1, -0.05) is 17.4 Å². The molecule has 0 unspecified atom stereocenters. The Hall–Kier alpha value is -3.56. The minimum atomic E-state index is -4.76. The fraction of sp³-hybridized carbons (Fsp3) is 0.0571. The van der Waals surface area contributed by atoms with Gasteiger partial charge in [0.15, 0.2) is 16.6 Å². The SMILES string of the molecule is Cc1c(N=Nc2ccc3c(SOO[O-])cc(SOO[O-])cc3c2)sc(N=Nc2c(Nc3ccc(S(=O)(=O)[O-])cc3)nc(Nc3ccc(S(=O)(=O)[O-])cc3)c(C#N)c2C)c1C#N.[Li+].[Li+].[Li+].[Li+]. The van der Waals surface area contributed by atoms with Crippen molar-refractivity contribution in [3.05, 3.63) is 101 Å². The van der Waals surface area contributed by atoms with Crippen molar-refractivity contribution in [1.29, 1.82) is 10.5 Å². The Morgan fingerprint density at radius 2 is 1.20 bits per heavy atom. The molecule has 0 bridgehead atoms. The second kappa shape index (κ2) is 25.5. The van der Waals surface area contributed by atoms with Crippen LogP contribution in [-0.4, -0.2) is 30.9 Å². The molecule has 21 nitrogen and oxygen atoms in total. The topological polar surface area (TPSA) is 331 Å². The van der Waals surface area contributed by atoms with Gasteiger partial charge in [0.25, 0.3) is 0 Å². The number of hydrogen-bond acceptors (Lipinski definition) is 24. The van der Waals surface area contributed by atoms with E-state index in [0.29, 0.717) is 60.9 Å². The van der Waals surface area contributed by atoms with Crippen molar-refractivity contribution in [2.75, 3.05) is 10.6 Å². The first-order chi connectivity index (χ1) is 29.1. The second-order valence-corrected chi connectivity index (χ2v) is 17.2. The molecule has 0 spiro atoms. The number of nitriles is 2. The number of rotatable bonds is 16. The van der Waals surface area contributed by atoms with Crippen molar-refractivity contribution in [3.8, 4) is 12.1 Å². The van der Waals surface area contributed by atoms with E-state index < -0.39 is 30.0 Å². The monoisotopic (exact) mass is 947 g/mol. The van der Waals surface area contributed by atoms with Gasteiger partial charge in [0.2, 0.25) is 0 Å². The standard InChI is InChI=1S/C35H25N9O12S5.4Li/c1-18-28(16-36)32(38-21-3-8-25(9-4-21)60(47,48)49)40-33(39-22-5-10-26(11-6-22)61(50,51)52)31(18)42-44-35-29(17-37)19(2)34(57-35)43-41-23-7-12-27-20(13-23)14-24(58-55-53-45)15-30(27)59-56-54-46;;;;/h3-15,45-46H,1-2H3,(H2,38,39,40)(H,47,48,49)(H,50,51,52);;;;/q;4*+1/p-4. The fourth-order valence-electron chi connectivity index (χ4n) is 5.38. The molecule has 312 valence electrons. The average Bonchev–Trinajstić information content (AvgIpc) is 3.53. The van der Waals surface area contributed by atoms with Crippen LogP contribution >= 0.6 is 35.4 Å². The Balaban J connectivity index is 0.00000363. The van der Waals surface area contributed by atoms with Gasteiger partial charge in [-0.3, -0.25) is 10.1 Å². The van der Waals surface area contributed by atoms with E-state index in [9.17, 15) is 47.0 Å². The molecule has 2 N–H and O–H groups in total. The summed E-state index contributed by atoms with van der Waals surface area (Å²) in [5.41, 5.74) is 1.63. The van der Waals surface area contributed by atoms with E-state index in [1.807, 2.05) is 6.07 Å². The maximum Gasteiger partial charge on any atom is 1.00 e. The summed E-state index contributed by atoms with van der Waals surface area (Å²) in [6.07, 6.45) is 0. The minimum Gasteiger partial charge on any atom is -0.744 e. The second-order valence-electron chi connectivity index (χ2n) is 12.0. The molecule has 0 aliphatic heterocycles. The molecule has 0 aliphatic carbocycles. The number of nitrogens with zero attached hydrogens (tertiary/aromatic N) is 7. The van der Waals surface area contributed by atoms with E-state index >= 15 is 0 Å². The normalized spacial score (nSPS) is 11.2. The molecule has 6 aromatic rings. The molecular formula is C35H21Li4N9O12S5. The molecule has 0 amide bonds. The molecule has 6 rings (SSSR count). The third-order valence-corrected chi connectivity index (χ3v) is 12.2. The Kier molecular flexibility index (Phi) is 22.6. The maximum absolute atomic E-state index is 11.5. The number of azo groups is 2. The van der Waals surface area contributed by atoms with Gasteiger partial charge in [0.05, 0.1) is 50.7 Å². The van der Waals surface area contributed by atoms with Crippen LogP contribution in [0.25, 0.3) is 10.8 Å². The van der Waals surface area contributed by atoms with Gasteiger partial charge in [0, 0.05) is 32.3 Å². The van der Waals surface area contributed by atoms with Crippen LogP contribution in [0.1, 0.15) is 22.3 Å². The van der Waals surface area contributed by atoms with Crippen LogP contribution in [0.15, 0.2) is 119 Å². The van der Waals surface area contributed by atoms with Gasteiger partial charge in [-0.2, -0.15) is 19.2 Å². The Bertz CT molecular complexity index is 3030. The van der Waals surface area contributed by atoms with Crippen LogP contribution in [0, 0.1) is 36.5 Å². The molecule has 4 aromatic carbocycles. The molecule has 2 heterocycles. The fourth-order valence-corrected chi connectivity index (χ4v) is 8.29. The Morgan fingerprint density at radius 1 is 0.662 bits per heavy atom. The molecule has 0 saturated heterocycles. The smallest absolute Gasteiger partial charge is 0.744 e. The number of pyridine rings is 1. The van der Waals surface area contributed by atoms with Crippen molar-refractivity contribution in [2.45, 2.75) is 33.4 Å². The third kappa shape index (κ3) is 14.5. The summed E-state index contributed by atoms with van der Waals surface area (Å²) in [7, 11) is -9.49. The quantitative estimate of drug-likeness (QED) is 0.0230. The van der Waals surface area contributed by atoms with Crippen molar-refractivity contribution < 1.29 is 131 Å². The zero-order valence-electron chi connectivity index (χ0n) is 34.6. The zero-order valence-corrected chi connectivity index (χ0v) is 38.7. The Labute approximate surface area is 430 Å². The van der Waals surface area contributed by atoms with Gasteiger partial charge in [-0.15, -0.1) is 20.5 Å². The molecule has 0 atom stereocenters. The number of hydrogen-bond donors (Lipinski definition) is 2. The first-order valence-corrected chi connectivity index (χ1v) is 21.6. The summed E-state index contributed by atoms with van der Waals surface area (Å²) < 4.78 is 77.8. The van der Waals surface area contributed by atoms with Crippen LogP contribution in [0.2, 0.25) is 0 Å². The number of anilines is 4. The number of thiophene rings is 1. The van der Waals surface area contributed by atoms with Crippen LogP contribution in [0.3, 0.4) is 0 Å². The summed E-state index contributed by atoms with van der Waals surface area (Å²) >= 11 is 2.21. The van der Waals surface area contributed by atoms with E-state index in [0.717, 1.165) is 35.6 Å². The number of fused-ring (bicyclic) bond motifs is 1. The zero-order chi connectivity index (χ0) is 43.9. The number of aromatic nitrogens is 1. The van der Waals surface area contributed by atoms with Crippen LogP contribution in [0.4, 0.5) is 44.4 Å². The van der Waals surface area contributed by atoms with Crippen molar-refractivity contribution >= 4 is 111 Å². The molecule has 0 radical (unpaired) electrons. The maximum atomic E-state index is 11.5. The Morgan fingerprint density at radius 3 is 1.74 bits per heavy atom. The summed E-state index contributed by atoms with van der Waals surface area (Å²) in [5, 5.41) is 72.9. The van der Waals surface area contributed by atoms with Crippen molar-refractivity contribution in [1.82, 2.24) is 4.98 Å². The summed E-state index contributed by atoms with van der Waals surface area (Å²) in [5.74, 6) is -0.0526. The molecule has 0 aliphatic rings. The van der Waals surface area contributed by atoms with Gasteiger partial charge in [-0.25, -0.2) is 21.8 Å². The van der Waals surface area contributed by atoms with Crippen LogP contribution in [0.5, 0.6) is 0 Å². The van der Waals surface area contributed by atoms with E-state index in [2.05, 4.69) is 60.9 Å². The van der Waals surface area contributed by atoms with Gasteiger partial charge in [-0.05, 0) is 97.4 Å². The van der Waals surface area contributed by atoms with E-state index in [1.165, 1.54) is 31.2 Å². The molecule has 2 aromatic heterocycles. The van der Waals surface area contributed by atoms with E-state index in [4.69, 9.17) is 0 Å². The first-order valence-electron chi connectivity index (χ1n) is 16.4. The van der Waals surface area contributed by atoms with E-state index in [-0.39, 0.29) is 126 Å². The minimum absolute atomic E-state index is 0. The summed E-state index contributed by atoms with van der Waals surface area (Å²) in [6, 6.07) is 21.8. The molecule has 65 heavy (non-hydrogen) atoms. The van der Waals surface area contributed by atoms with Gasteiger partial charge >= 0.3 is 75.4 Å². The van der Waals surface area contributed by atoms with E-state index in [1.54, 1.807) is 37.3 Å². The molecule has 30 heteroatoms. The van der Waals surface area contributed by atoms with Gasteiger partial charge in [0.1, 0.15) is 43.1 Å². The summed E-state index contributed by atoms with van der Waals surface area (Å²) in [6.45, 7) is 3.17. The third-order valence-electron chi connectivity index (χ3n) is 8.23. The molecular weight excluding hydrogens is 927 g/mol. The molecule has 0 fully saturated rings.